The fraction of sp³-hybridized carbons (Fsp3) is 0.125. The van der Waals surface area contributed by atoms with Crippen molar-refractivity contribution < 1.29 is 13.9 Å². The Morgan fingerprint density at radius 1 is 0.900 bits per heavy atom. The van der Waals surface area contributed by atoms with Crippen molar-refractivity contribution in [3.63, 3.8) is 0 Å². The smallest absolute Gasteiger partial charge is 0.268 e. The van der Waals surface area contributed by atoms with Crippen molar-refractivity contribution in [2.45, 2.75) is 23.1 Å². The lowest BCUT2D eigenvalue weighted by Crippen LogP contribution is -2.22. The number of nitrogens with one attached hydrogen (secondary N) is 1. The summed E-state index contributed by atoms with van der Waals surface area (Å²) >= 11 is 1.81. The number of fused-ring (bicyclic) bond motifs is 3. The van der Waals surface area contributed by atoms with Gasteiger partial charge in [0.1, 0.15) is 5.58 Å². The molecule has 0 radical (unpaired) electrons. The van der Waals surface area contributed by atoms with Gasteiger partial charge in [0.05, 0.1) is 17.0 Å². The summed E-state index contributed by atoms with van der Waals surface area (Å²) in [4.78, 5) is 13.2. The van der Waals surface area contributed by atoms with Crippen LogP contribution in [-0.2, 0) is 6.54 Å². The number of hydrogen-bond acceptors (Lipinski definition) is 6. The molecule has 3 aromatic carbocycles. The monoisotopic (exact) mass is 415 g/mol. The largest absolute Gasteiger partial charge is 0.464 e. The minimum atomic E-state index is -0.571. The Hall–Kier alpha value is -3.22. The number of hydrogen-bond donors (Lipinski definition) is 1. The molecule has 4 aromatic rings. The fourth-order valence-corrected chi connectivity index (χ4v) is 4.99. The van der Waals surface area contributed by atoms with E-state index in [4.69, 9.17) is 13.9 Å². The van der Waals surface area contributed by atoms with Crippen LogP contribution in [0.5, 0.6) is 11.5 Å². The second-order valence-corrected chi connectivity index (χ2v) is 8.45. The molecule has 5 nitrogen and oxygen atoms in total. The Morgan fingerprint density at radius 3 is 2.73 bits per heavy atom. The highest BCUT2D eigenvalue weighted by atomic mass is 32.2. The summed E-state index contributed by atoms with van der Waals surface area (Å²) in [7, 11) is 0. The van der Waals surface area contributed by atoms with Crippen molar-refractivity contribution >= 4 is 22.7 Å². The van der Waals surface area contributed by atoms with Gasteiger partial charge in [-0.1, -0.05) is 30.3 Å². The van der Waals surface area contributed by atoms with E-state index in [1.807, 2.05) is 18.2 Å². The molecule has 2 atom stereocenters. The first-order chi connectivity index (χ1) is 14.7. The second kappa shape index (κ2) is 6.93. The van der Waals surface area contributed by atoms with Crippen LogP contribution in [0.2, 0.25) is 0 Å². The topological polar surface area (TPSA) is 60.7 Å². The molecule has 30 heavy (non-hydrogen) atoms. The van der Waals surface area contributed by atoms with Crippen LogP contribution < -0.4 is 20.2 Å². The first-order valence-electron chi connectivity index (χ1n) is 9.71. The van der Waals surface area contributed by atoms with Crippen molar-refractivity contribution in [1.29, 1.82) is 0 Å². The summed E-state index contributed by atoms with van der Waals surface area (Å²) < 4.78 is 17.6. The molecule has 0 saturated heterocycles. The van der Waals surface area contributed by atoms with Crippen molar-refractivity contribution in [3.8, 4) is 11.5 Å². The number of rotatable bonds is 2. The van der Waals surface area contributed by atoms with Gasteiger partial charge in [-0.3, -0.25) is 10.1 Å². The molecule has 0 amide bonds. The van der Waals surface area contributed by atoms with E-state index in [1.165, 1.54) is 22.8 Å². The van der Waals surface area contributed by atoms with Gasteiger partial charge in [-0.25, -0.2) is 0 Å². The number of thioether (sulfide) groups is 1. The van der Waals surface area contributed by atoms with E-state index in [9.17, 15) is 4.79 Å². The molecule has 148 valence electrons. The van der Waals surface area contributed by atoms with Crippen molar-refractivity contribution in [2.24, 2.45) is 0 Å². The van der Waals surface area contributed by atoms with Crippen LogP contribution in [0.3, 0.4) is 0 Å². The highest BCUT2D eigenvalue weighted by Gasteiger charge is 2.28. The lowest BCUT2D eigenvalue weighted by molar-refractivity contribution is 0.0487. The summed E-state index contributed by atoms with van der Waals surface area (Å²) in [6.45, 7) is 0.840. The van der Waals surface area contributed by atoms with Gasteiger partial charge in [0.2, 0.25) is 0 Å². The lowest BCUT2D eigenvalue weighted by Gasteiger charge is -2.25. The third-order valence-corrected chi connectivity index (χ3v) is 6.72. The second-order valence-electron chi connectivity index (χ2n) is 7.30. The quantitative estimate of drug-likeness (QED) is 0.488. The average molecular weight is 415 g/mol. The van der Waals surface area contributed by atoms with E-state index in [2.05, 4.69) is 35.6 Å². The molecule has 6 heteroatoms. The summed E-state index contributed by atoms with van der Waals surface area (Å²) in [5.74, 6) is 1.42. The Bertz CT molecular complexity index is 1330. The molecule has 0 aliphatic carbocycles. The zero-order valence-electron chi connectivity index (χ0n) is 15.8. The van der Waals surface area contributed by atoms with Gasteiger partial charge in [0, 0.05) is 23.1 Å². The Labute approximate surface area is 176 Å². The van der Waals surface area contributed by atoms with Crippen LogP contribution in [0.15, 0.2) is 87.1 Å². The molecular weight excluding hydrogens is 398 g/mol. The molecule has 0 saturated carbocycles. The SMILES string of the molecule is O=c1ccoc2cc(C3Oc4ccc(C5NCc6ccccc6S5)cc4O3)ccc12. The minimum absolute atomic E-state index is 0.0666. The van der Waals surface area contributed by atoms with Gasteiger partial charge in [-0.15, -0.1) is 11.8 Å². The van der Waals surface area contributed by atoms with Crippen LogP contribution in [-0.4, -0.2) is 0 Å². The van der Waals surface area contributed by atoms with E-state index in [1.54, 1.807) is 23.9 Å². The first kappa shape index (κ1) is 17.6. The summed E-state index contributed by atoms with van der Waals surface area (Å²) in [6, 6.07) is 21.3. The summed E-state index contributed by atoms with van der Waals surface area (Å²) in [6.07, 6.45) is 0.830. The van der Waals surface area contributed by atoms with Crippen LogP contribution in [0.25, 0.3) is 11.0 Å². The molecule has 1 aromatic heterocycles. The first-order valence-corrected chi connectivity index (χ1v) is 10.6. The molecule has 2 aliphatic heterocycles. The molecule has 6 rings (SSSR count). The lowest BCUT2D eigenvalue weighted by atomic mass is 10.1. The van der Waals surface area contributed by atoms with Gasteiger partial charge in [-0.2, -0.15) is 0 Å². The van der Waals surface area contributed by atoms with E-state index in [0.29, 0.717) is 22.5 Å². The predicted molar refractivity (Wildman–Crippen MR) is 115 cm³/mol. The standard InChI is InChI=1S/C24H17NO4S/c26-18-9-10-27-20-12-15(5-7-17(18)20)24-28-19-8-6-14(11-21(19)29-24)23-25-13-16-3-1-2-4-22(16)30-23/h1-12,23-25H,13H2. The van der Waals surface area contributed by atoms with Gasteiger partial charge in [0.25, 0.3) is 6.29 Å². The van der Waals surface area contributed by atoms with Crippen molar-refractivity contribution in [2.75, 3.05) is 0 Å². The van der Waals surface area contributed by atoms with Crippen LogP contribution in [0.1, 0.15) is 28.4 Å². The average Bonchev–Trinajstić information content (AvgIpc) is 3.22. The van der Waals surface area contributed by atoms with E-state index in [-0.39, 0.29) is 10.8 Å². The van der Waals surface area contributed by atoms with Crippen LogP contribution in [0.4, 0.5) is 0 Å². The third kappa shape index (κ3) is 2.96. The number of ether oxygens (including phenoxy) is 2. The molecule has 2 unspecified atom stereocenters. The molecular formula is C24H17NO4S. The van der Waals surface area contributed by atoms with E-state index in [0.717, 1.165) is 17.7 Å². The Balaban J connectivity index is 1.26. The molecule has 0 bridgehead atoms. The van der Waals surface area contributed by atoms with E-state index < -0.39 is 6.29 Å². The maximum atomic E-state index is 11.9. The maximum absolute atomic E-state index is 11.9. The Kier molecular flexibility index (Phi) is 4.07. The van der Waals surface area contributed by atoms with Crippen LogP contribution in [0, 0.1) is 0 Å². The summed E-state index contributed by atoms with van der Waals surface area (Å²) in [5.41, 5.74) is 3.71. The van der Waals surface area contributed by atoms with Gasteiger partial charge >= 0.3 is 0 Å². The fourth-order valence-electron chi connectivity index (χ4n) is 3.84. The molecule has 2 aliphatic rings. The summed E-state index contributed by atoms with van der Waals surface area (Å²) in [5, 5.41) is 4.27. The molecule has 1 N–H and O–H groups in total. The molecule has 3 heterocycles. The molecule has 0 spiro atoms. The van der Waals surface area contributed by atoms with Gasteiger partial charge in [-0.05, 0) is 41.5 Å². The van der Waals surface area contributed by atoms with Gasteiger partial charge < -0.3 is 13.9 Å². The van der Waals surface area contributed by atoms with Crippen molar-refractivity contribution in [1.82, 2.24) is 5.32 Å². The highest BCUT2D eigenvalue weighted by Crippen LogP contribution is 2.45. The minimum Gasteiger partial charge on any atom is -0.464 e. The maximum Gasteiger partial charge on any atom is 0.268 e. The Morgan fingerprint density at radius 2 is 1.77 bits per heavy atom. The van der Waals surface area contributed by atoms with E-state index >= 15 is 0 Å². The molecule has 0 fully saturated rings. The highest BCUT2D eigenvalue weighted by molar-refractivity contribution is 7.99. The van der Waals surface area contributed by atoms with Gasteiger partial charge in [0.15, 0.2) is 16.9 Å². The van der Waals surface area contributed by atoms with Crippen molar-refractivity contribution in [3.05, 3.63) is 99.9 Å². The third-order valence-electron chi connectivity index (χ3n) is 5.39. The zero-order valence-corrected chi connectivity index (χ0v) is 16.6. The zero-order chi connectivity index (χ0) is 20.1. The predicted octanol–water partition coefficient (Wildman–Crippen LogP) is 5.16. The number of benzene rings is 3. The van der Waals surface area contributed by atoms with Crippen LogP contribution >= 0.6 is 11.8 Å². The normalized spacial score (nSPS) is 19.6.